The third kappa shape index (κ3) is 8.48. The van der Waals surface area contributed by atoms with Crippen molar-refractivity contribution in [2.24, 2.45) is 5.92 Å². The number of amides is 3. The van der Waals surface area contributed by atoms with Crippen molar-refractivity contribution in [3.05, 3.63) is 126 Å². The van der Waals surface area contributed by atoms with E-state index in [9.17, 15) is 24.9 Å². The number of aryl methyl sites for hydroxylation is 1. The van der Waals surface area contributed by atoms with E-state index in [0.717, 1.165) is 16.9 Å². The van der Waals surface area contributed by atoms with Crippen LogP contribution < -0.4 is 25.5 Å². The molecule has 1 aromatic heterocycles. The summed E-state index contributed by atoms with van der Waals surface area (Å²) in [6.07, 6.45) is -0.541. The molecule has 5 N–H and O–H groups in total. The monoisotopic (exact) mass is 846 g/mol. The molecule has 1 unspecified atom stereocenters. The van der Waals surface area contributed by atoms with Crippen molar-refractivity contribution in [2.75, 3.05) is 29.3 Å². The molecule has 4 aromatic carbocycles. The van der Waals surface area contributed by atoms with E-state index < -0.39 is 43.8 Å². The number of carbonyl (C=O) groups is 3. The van der Waals surface area contributed by atoms with Crippen LogP contribution in [0, 0.1) is 5.92 Å². The minimum absolute atomic E-state index is 0.107. The Kier molecular flexibility index (Phi) is 12.6. The maximum absolute atomic E-state index is 15.5. The molecule has 320 valence electrons. The highest BCUT2D eigenvalue weighted by Crippen LogP contribution is 2.60. The van der Waals surface area contributed by atoms with Crippen LogP contribution in [0.1, 0.15) is 55.5 Å². The largest absolute Gasteiger partial charge is 0.497 e. The molecule has 1 spiro atoms. The quantitative estimate of drug-likeness (QED) is 0.0908. The Morgan fingerprint density at radius 1 is 0.918 bits per heavy atom. The summed E-state index contributed by atoms with van der Waals surface area (Å²) in [5.41, 5.74) is 2.85. The Morgan fingerprint density at radius 2 is 1.59 bits per heavy atom. The van der Waals surface area contributed by atoms with Crippen molar-refractivity contribution in [3.8, 4) is 5.75 Å². The Labute approximate surface area is 356 Å². The van der Waals surface area contributed by atoms with Gasteiger partial charge in [-0.05, 0) is 79.4 Å². The number of anilines is 3. The summed E-state index contributed by atoms with van der Waals surface area (Å²) in [7, 11) is -0.894. The van der Waals surface area contributed by atoms with E-state index in [4.69, 9.17) is 9.47 Å². The average molecular weight is 847 g/mol. The van der Waals surface area contributed by atoms with E-state index in [-0.39, 0.29) is 36.4 Å². The number of nitrogens with zero attached hydrogens (tertiary/aromatic N) is 4. The van der Waals surface area contributed by atoms with Crippen LogP contribution in [0.4, 0.5) is 17.1 Å². The number of carbonyl (C=O) groups excluding carboxylic acids is 3. The highest BCUT2D eigenvalue weighted by atomic mass is 28.3. The van der Waals surface area contributed by atoms with Crippen LogP contribution in [0.2, 0.25) is 18.6 Å². The molecule has 61 heavy (non-hydrogen) atoms. The zero-order valence-corrected chi connectivity index (χ0v) is 36.3. The Morgan fingerprint density at radius 3 is 2.23 bits per heavy atom. The number of benzene rings is 4. The molecule has 0 aliphatic carbocycles. The number of nitrogens with one attached hydrogen (secondary N) is 2. The fourth-order valence-corrected chi connectivity index (χ4v) is 13.2. The van der Waals surface area contributed by atoms with Gasteiger partial charge in [0, 0.05) is 35.6 Å². The summed E-state index contributed by atoms with van der Waals surface area (Å²) in [6.45, 7) is 9.91. The van der Waals surface area contributed by atoms with Gasteiger partial charge in [-0.15, -0.1) is 5.10 Å². The van der Waals surface area contributed by atoms with E-state index in [1.54, 1.807) is 53.1 Å². The highest BCUT2D eigenvalue weighted by Gasteiger charge is 2.66. The number of aliphatic hydroxyl groups is 3. The molecule has 1 saturated heterocycles. The van der Waals surface area contributed by atoms with Gasteiger partial charge in [0.15, 0.2) is 5.60 Å². The second-order valence-corrected chi connectivity index (χ2v) is 21.3. The summed E-state index contributed by atoms with van der Waals surface area (Å²) in [5.74, 6) is -1.35. The first kappa shape index (κ1) is 43.4. The summed E-state index contributed by atoms with van der Waals surface area (Å²) >= 11 is 0. The van der Waals surface area contributed by atoms with Crippen molar-refractivity contribution in [3.63, 3.8) is 0 Å². The SMILES string of the molecule is COc1ccc([Si](C)(C)[C@@H]2[C@@H](CCn3cc(C(CO)c4ccccc4)nn3)O[C@]3(C(=O)N(Cc4cccc(NC(=O)[C@H](C)O)c4)c4ccc(NC(=O)[C@H](C)O)cc43)[C@H]2C)cc1. The second-order valence-electron chi connectivity index (χ2n) is 16.7. The van der Waals surface area contributed by atoms with Crippen LogP contribution >= 0.6 is 0 Å². The molecule has 15 heteroatoms. The molecule has 1 fully saturated rings. The number of fused-ring (bicyclic) bond motifs is 2. The number of methoxy groups -OCH3 is 1. The fourth-order valence-electron chi connectivity index (χ4n) is 9.14. The first-order chi connectivity index (χ1) is 29.2. The lowest BCUT2D eigenvalue weighted by molar-refractivity contribution is -0.146. The molecule has 14 nitrogen and oxygen atoms in total. The van der Waals surface area contributed by atoms with Gasteiger partial charge < -0.3 is 40.3 Å². The number of hydrogen-bond acceptors (Lipinski definition) is 10. The first-order valence-corrected chi connectivity index (χ1v) is 23.7. The van der Waals surface area contributed by atoms with Gasteiger partial charge in [-0.1, -0.05) is 85.0 Å². The average Bonchev–Trinajstić information content (AvgIpc) is 3.90. The standard InChI is InChI=1S/C46H54N6O8Si/c1-28-42(61(5,6)36-18-16-35(59-4)17-19-36)41(21-22-51-26-39(49-50-51)37(27-53)32-12-8-7-9-13-32)60-46(28)38-24-34(48-44(57)30(3)55)15-20-40(38)52(45(46)58)25-31-11-10-14-33(23-31)47-43(56)29(2)54/h7-20,23-24,26,28-30,37,41-42,53-55H,21-22,25,27H2,1-6H3,(H,47,56)(H,48,57)/t28-,29-,30-,37?,41+,42-,46+/m0/s1. The molecule has 3 amide bonds. The number of ether oxygens (including phenoxy) is 2. The van der Waals surface area contributed by atoms with Crippen LogP contribution in [0.5, 0.6) is 5.75 Å². The van der Waals surface area contributed by atoms with Crippen LogP contribution in [-0.2, 0) is 37.8 Å². The summed E-state index contributed by atoms with van der Waals surface area (Å²) in [5, 5.41) is 45.8. The predicted octanol–water partition coefficient (Wildman–Crippen LogP) is 4.90. The van der Waals surface area contributed by atoms with Crippen molar-refractivity contribution < 1.29 is 39.2 Å². The van der Waals surface area contributed by atoms with Crippen LogP contribution in [0.3, 0.4) is 0 Å². The zero-order valence-electron chi connectivity index (χ0n) is 35.3. The maximum atomic E-state index is 15.5. The third-order valence-electron chi connectivity index (χ3n) is 12.3. The molecule has 3 heterocycles. The summed E-state index contributed by atoms with van der Waals surface area (Å²) < 4.78 is 14.6. The molecule has 5 aromatic rings. The molecule has 2 aliphatic rings. The van der Waals surface area contributed by atoms with Gasteiger partial charge in [0.05, 0.1) is 51.7 Å². The maximum Gasteiger partial charge on any atom is 0.264 e. The number of hydrogen-bond donors (Lipinski definition) is 5. The van der Waals surface area contributed by atoms with E-state index in [1.807, 2.05) is 54.7 Å². The lowest BCUT2D eigenvalue weighted by Gasteiger charge is -2.37. The van der Waals surface area contributed by atoms with Gasteiger partial charge in [0.1, 0.15) is 18.0 Å². The zero-order chi connectivity index (χ0) is 43.6. The molecule has 0 radical (unpaired) electrons. The Bertz CT molecular complexity index is 2370. The van der Waals surface area contributed by atoms with Crippen molar-refractivity contribution >= 4 is 48.0 Å². The molecular formula is C46H54N6O8Si. The lowest BCUT2D eigenvalue weighted by Crippen LogP contribution is -2.51. The molecule has 0 saturated carbocycles. The smallest absolute Gasteiger partial charge is 0.264 e. The van der Waals surface area contributed by atoms with Crippen molar-refractivity contribution in [2.45, 2.75) is 88.7 Å². The number of aromatic nitrogens is 3. The van der Waals surface area contributed by atoms with E-state index in [2.05, 4.69) is 53.1 Å². The van der Waals surface area contributed by atoms with Gasteiger partial charge >= 0.3 is 0 Å². The van der Waals surface area contributed by atoms with Gasteiger partial charge in [0.25, 0.3) is 17.7 Å². The Balaban J connectivity index is 1.29. The molecule has 2 aliphatic heterocycles. The van der Waals surface area contributed by atoms with E-state index in [0.29, 0.717) is 41.3 Å². The van der Waals surface area contributed by atoms with Gasteiger partial charge in [-0.25, -0.2) is 0 Å². The van der Waals surface area contributed by atoms with Crippen molar-refractivity contribution in [1.82, 2.24) is 15.0 Å². The van der Waals surface area contributed by atoms with Gasteiger partial charge in [0.2, 0.25) is 0 Å². The topological polar surface area (TPSA) is 188 Å². The molecular weight excluding hydrogens is 793 g/mol. The minimum atomic E-state index is -2.53. The molecule has 7 rings (SSSR count). The number of rotatable bonds is 15. The lowest BCUT2D eigenvalue weighted by atomic mass is 9.82. The van der Waals surface area contributed by atoms with E-state index >= 15 is 4.79 Å². The molecule has 7 atom stereocenters. The normalized spacial score (nSPS) is 21.2. The fraction of sp³-hybridized carbons (Fsp3) is 0.370. The first-order valence-electron chi connectivity index (χ1n) is 20.6. The summed E-state index contributed by atoms with van der Waals surface area (Å²) in [6, 6.07) is 30.2. The summed E-state index contributed by atoms with van der Waals surface area (Å²) in [4.78, 5) is 42.3. The highest BCUT2D eigenvalue weighted by molar-refractivity contribution is 6.91. The van der Waals surface area contributed by atoms with Gasteiger partial charge in [-0.3, -0.25) is 19.1 Å². The van der Waals surface area contributed by atoms with Crippen LogP contribution in [0.15, 0.2) is 103 Å². The number of aliphatic hydroxyl groups excluding tert-OH is 3. The predicted molar refractivity (Wildman–Crippen MR) is 234 cm³/mol. The minimum Gasteiger partial charge on any atom is -0.497 e. The Hall–Kier alpha value is -5.71. The van der Waals surface area contributed by atoms with E-state index in [1.165, 1.54) is 19.0 Å². The third-order valence-corrected chi connectivity index (χ3v) is 16.7. The second kappa shape index (κ2) is 17.7. The van der Waals surface area contributed by atoms with Gasteiger partial charge in [-0.2, -0.15) is 0 Å². The van der Waals surface area contributed by atoms with Crippen molar-refractivity contribution in [1.29, 1.82) is 0 Å². The van der Waals surface area contributed by atoms with Crippen LogP contribution in [-0.4, -0.2) is 88.1 Å². The molecule has 0 bridgehead atoms. The van der Waals surface area contributed by atoms with Crippen LogP contribution in [0.25, 0.3) is 0 Å².